The molecule has 3 unspecified atom stereocenters. The second kappa shape index (κ2) is 9.59. The van der Waals surface area contributed by atoms with Gasteiger partial charge in [0.2, 0.25) is 0 Å². The summed E-state index contributed by atoms with van der Waals surface area (Å²) < 4.78 is 11.6. The van der Waals surface area contributed by atoms with E-state index in [1.54, 1.807) is 6.92 Å². The molecular formula is C15H33N4O4P. The molecule has 2 aliphatic rings. The number of aliphatic hydroxyl groups is 1. The molecule has 0 aromatic carbocycles. The Labute approximate surface area is 145 Å². The first-order chi connectivity index (χ1) is 11.4. The lowest BCUT2D eigenvalue weighted by molar-refractivity contribution is 0.0707. The van der Waals surface area contributed by atoms with Gasteiger partial charge in [0, 0.05) is 52.4 Å². The number of aliphatic hydroxyl groups excluding tert-OH is 1. The van der Waals surface area contributed by atoms with Gasteiger partial charge in [-0.25, -0.2) is 0 Å². The van der Waals surface area contributed by atoms with Gasteiger partial charge in [0.05, 0.1) is 6.73 Å². The minimum absolute atomic E-state index is 0.113. The van der Waals surface area contributed by atoms with Gasteiger partial charge in [0.25, 0.3) is 0 Å². The molecule has 2 rings (SSSR count). The SMILES string of the molecule is CC(N1CCCN2CCN(CO)CCCN(CC2)CC1)P(=O)(O)O. The van der Waals surface area contributed by atoms with Crippen molar-refractivity contribution < 1.29 is 19.5 Å². The Hall–Kier alpha value is -0.0500. The van der Waals surface area contributed by atoms with Gasteiger partial charge in [-0.2, -0.15) is 0 Å². The number of nitrogens with zero attached hydrogens (tertiary/aromatic N) is 4. The van der Waals surface area contributed by atoms with E-state index in [-0.39, 0.29) is 6.73 Å². The number of fused-ring (bicyclic) bond motifs is 3. The molecule has 0 saturated carbocycles. The molecule has 8 nitrogen and oxygen atoms in total. The molecule has 0 radical (unpaired) electrons. The average molecular weight is 364 g/mol. The Morgan fingerprint density at radius 3 is 1.96 bits per heavy atom. The van der Waals surface area contributed by atoms with E-state index in [1.807, 2.05) is 4.90 Å². The van der Waals surface area contributed by atoms with E-state index >= 15 is 0 Å². The van der Waals surface area contributed by atoms with Crippen LogP contribution in [0.25, 0.3) is 0 Å². The van der Waals surface area contributed by atoms with Crippen molar-refractivity contribution in [2.75, 3.05) is 72.2 Å². The lowest BCUT2D eigenvalue weighted by atomic mass is 10.2. The van der Waals surface area contributed by atoms with E-state index in [9.17, 15) is 19.5 Å². The third-order valence-corrected chi connectivity index (χ3v) is 6.55. The molecule has 0 aromatic rings. The molecule has 0 aliphatic carbocycles. The van der Waals surface area contributed by atoms with Gasteiger partial charge in [-0.15, -0.1) is 0 Å². The largest absolute Gasteiger partial charge is 0.381 e. The van der Waals surface area contributed by atoms with Crippen molar-refractivity contribution in [3.05, 3.63) is 0 Å². The predicted molar refractivity (Wildman–Crippen MR) is 93.9 cm³/mol. The first kappa shape index (κ1) is 20.3. The molecule has 9 heteroatoms. The second-order valence-corrected chi connectivity index (χ2v) is 8.83. The van der Waals surface area contributed by atoms with Crippen molar-refractivity contribution in [2.24, 2.45) is 0 Å². The van der Waals surface area contributed by atoms with Crippen LogP contribution in [0.4, 0.5) is 0 Å². The summed E-state index contributed by atoms with van der Waals surface area (Å²) >= 11 is 0. The highest BCUT2D eigenvalue weighted by molar-refractivity contribution is 7.52. The standard InChI is InChI=1S/C15H33N4O4P/c1-15(24(21,22)23)19-7-3-5-16-8-9-17(12-13-19)4-2-6-18(14-20)11-10-16/h15,20H,2-14H2,1H3,(H2,21,22,23). The number of rotatable bonds is 3. The fraction of sp³-hybridized carbons (Fsp3) is 1.00. The molecule has 24 heavy (non-hydrogen) atoms. The molecule has 2 saturated heterocycles. The number of hydrogen-bond acceptors (Lipinski definition) is 6. The first-order valence-electron chi connectivity index (χ1n) is 8.97. The second-order valence-electron chi connectivity index (χ2n) is 6.91. The Morgan fingerprint density at radius 1 is 0.833 bits per heavy atom. The van der Waals surface area contributed by atoms with Crippen molar-refractivity contribution in [1.29, 1.82) is 0 Å². The lowest BCUT2D eigenvalue weighted by Gasteiger charge is -2.37. The van der Waals surface area contributed by atoms with Crippen molar-refractivity contribution in [2.45, 2.75) is 25.5 Å². The molecule has 2 heterocycles. The van der Waals surface area contributed by atoms with Crippen LogP contribution < -0.4 is 0 Å². The molecule has 2 fully saturated rings. The van der Waals surface area contributed by atoms with Gasteiger partial charge < -0.3 is 24.7 Å². The topological polar surface area (TPSA) is 90.7 Å². The van der Waals surface area contributed by atoms with Crippen molar-refractivity contribution >= 4 is 7.60 Å². The molecule has 0 amide bonds. The van der Waals surface area contributed by atoms with E-state index < -0.39 is 13.4 Å². The summed E-state index contributed by atoms with van der Waals surface area (Å²) in [5, 5.41) is 9.45. The molecule has 0 spiro atoms. The summed E-state index contributed by atoms with van der Waals surface area (Å²) in [5.41, 5.74) is 0. The van der Waals surface area contributed by atoms with Crippen LogP contribution in [0.3, 0.4) is 0 Å². The minimum Gasteiger partial charge on any atom is -0.381 e. The Balaban J connectivity index is 2.03. The Morgan fingerprint density at radius 2 is 1.38 bits per heavy atom. The predicted octanol–water partition coefficient (Wildman–Crippen LogP) is -0.525. The summed E-state index contributed by atoms with van der Waals surface area (Å²) in [7, 11) is -4.09. The minimum atomic E-state index is -4.09. The zero-order chi connectivity index (χ0) is 17.6. The van der Waals surface area contributed by atoms with E-state index in [2.05, 4.69) is 14.7 Å². The molecule has 3 atom stereocenters. The van der Waals surface area contributed by atoms with E-state index in [0.29, 0.717) is 13.1 Å². The maximum Gasteiger partial charge on any atom is 0.342 e. The molecule has 2 aliphatic heterocycles. The highest BCUT2D eigenvalue weighted by Crippen LogP contribution is 2.42. The van der Waals surface area contributed by atoms with Gasteiger partial charge >= 0.3 is 7.60 Å². The Kier molecular flexibility index (Phi) is 8.10. The summed E-state index contributed by atoms with van der Waals surface area (Å²) in [6, 6.07) is 0. The van der Waals surface area contributed by atoms with Gasteiger partial charge in [0.15, 0.2) is 0 Å². The van der Waals surface area contributed by atoms with Crippen LogP contribution in [0.1, 0.15) is 19.8 Å². The van der Waals surface area contributed by atoms with Crippen LogP contribution in [0, 0.1) is 0 Å². The van der Waals surface area contributed by atoms with Crippen LogP contribution in [0.5, 0.6) is 0 Å². The van der Waals surface area contributed by atoms with Gasteiger partial charge in [-0.05, 0) is 32.9 Å². The third-order valence-electron chi connectivity index (χ3n) is 5.25. The fourth-order valence-electron chi connectivity index (χ4n) is 3.47. The van der Waals surface area contributed by atoms with Gasteiger partial charge in [0.1, 0.15) is 5.78 Å². The van der Waals surface area contributed by atoms with E-state index in [4.69, 9.17) is 0 Å². The zero-order valence-corrected chi connectivity index (χ0v) is 15.7. The van der Waals surface area contributed by atoms with Crippen LogP contribution in [0.2, 0.25) is 0 Å². The summed E-state index contributed by atoms with van der Waals surface area (Å²) in [5.74, 6) is -0.718. The summed E-state index contributed by atoms with van der Waals surface area (Å²) in [4.78, 5) is 27.9. The monoisotopic (exact) mass is 364 g/mol. The van der Waals surface area contributed by atoms with Crippen LogP contribution in [-0.2, 0) is 4.57 Å². The van der Waals surface area contributed by atoms with Gasteiger partial charge in [-0.1, -0.05) is 0 Å². The Bertz CT molecular complexity index is 420. The fourth-order valence-corrected chi connectivity index (χ4v) is 4.13. The van der Waals surface area contributed by atoms with Crippen LogP contribution >= 0.6 is 7.60 Å². The maximum atomic E-state index is 11.6. The van der Waals surface area contributed by atoms with Crippen molar-refractivity contribution in [3.63, 3.8) is 0 Å². The van der Waals surface area contributed by atoms with Crippen molar-refractivity contribution in [3.8, 4) is 0 Å². The normalized spacial score (nSPS) is 30.8. The summed E-state index contributed by atoms with van der Waals surface area (Å²) in [6.07, 6.45) is 1.91. The van der Waals surface area contributed by atoms with Crippen molar-refractivity contribution in [1.82, 2.24) is 19.6 Å². The van der Waals surface area contributed by atoms with E-state index in [1.165, 1.54) is 0 Å². The molecule has 3 N–H and O–H groups in total. The molecule has 2 bridgehead atoms. The quantitative estimate of drug-likeness (QED) is 0.576. The smallest absolute Gasteiger partial charge is 0.342 e. The lowest BCUT2D eigenvalue weighted by Crippen LogP contribution is -2.48. The van der Waals surface area contributed by atoms with E-state index in [0.717, 1.165) is 65.2 Å². The summed E-state index contributed by atoms with van der Waals surface area (Å²) in [6.45, 7) is 10.6. The number of hydrogen-bond donors (Lipinski definition) is 3. The molecule has 0 aromatic heterocycles. The van der Waals surface area contributed by atoms with Crippen LogP contribution in [0.15, 0.2) is 0 Å². The highest BCUT2D eigenvalue weighted by atomic mass is 31.2. The molecule has 142 valence electrons. The molecular weight excluding hydrogens is 331 g/mol. The first-order valence-corrected chi connectivity index (χ1v) is 10.7. The maximum absolute atomic E-state index is 11.6. The average Bonchev–Trinajstić information content (AvgIpc) is 2.55. The zero-order valence-electron chi connectivity index (χ0n) is 14.8. The van der Waals surface area contributed by atoms with Crippen LogP contribution in [-0.4, -0.2) is 112 Å². The third kappa shape index (κ3) is 6.35. The highest BCUT2D eigenvalue weighted by Gasteiger charge is 2.30. The van der Waals surface area contributed by atoms with Gasteiger partial charge in [-0.3, -0.25) is 14.4 Å².